The van der Waals surface area contributed by atoms with Gasteiger partial charge in [0, 0.05) is 30.8 Å². The van der Waals surface area contributed by atoms with Gasteiger partial charge in [-0.05, 0) is 36.4 Å². The summed E-state index contributed by atoms with van der Waals surface area (Å²) in [6, 6.07) is 9.07. The Morgan fingerprint density at radius 3 is 2.48 bits per heavy atom. The summed E-state index contributed by atoms with van der Waals surface area (Å²) in [6.45, 7) is 1.57. The lowest BCUT2D eigenvalue weighted by Gasteiger charge is -2.32. The van der Waals surface area contributed by atoms with Gasteiger partial charge in [-0.25, -0.2) is 12.9 Å². The molecule has 1 aromatic carbocycles. The molecule has 7 nitrogen and oxygen atoms in total. The molecule has 1 aliphatic rings. The first-order chi connectivity index (χ1) is 15.0. The Balaban J connectivity index is 1.55. The quantitative estimate of drug-likeness (QED) is 0.523. The molecule has 0 amide bonds. The third kappa shape index (κ3) is 5.25. The van der Waals surface area contributed by atoms with E-state index in [2.05, 4.69) is 15.2 Å². The molecule has 4 rings (SSSR count). The average Bonchev–Trinajstić information content (AvgIpc) is 3.30. The highest BCUT2D eigenvalue weighted by Crippen LogP contribution is 2.25. The van der Waals surface area contributed by atoms with Crippen molar-refractivity contribution < 1.29 is 21.8 Å². The van der Waals surface area contributed by atoms with Gasteiger partial charge in [-0.3, -0.25) is 9.29 Å². The Morgan fingerprint density at radius 2 is 1.87 bits per heavy atom. The van der Waals surface area contributed by atoms with Crippen molar-refractivity contribution in [3.8, 4) is 11.5 Å². The molecule has 0 bridgehead atoms. The third-order valence-corrected chi connectivity index (χ3v) is 6.97. The van der Waals surface area contributed by atoms with Crippen LogP contribution < -0.4 is 4.31 Å². The number of aromatic nitrogens is 3. The number of anilines is 1. The summed E-state index contributed by atoms with van der Waals surface area (Å²) in [7, 11) is 0. The van der Waals surface area contributed by atoms with E-state index in [1.807, 2.05) is 16.1 Å². The number of benzene rings is 1. The molecule has 31 heavy (non-hydrogen) atoms. The zero-order valence-electron chi connectivity index (χ0n) is 16.2. The third-order valence-electron chi connectivity index (χ3n) is 4.50. The molecule has 0 saturated carbocycles. The zero-order valence-corrected chi connectivity index (χ0v) is 17.8. The van der Waals surface area contributed by atoms with Gasteiger partial charge >= 0.3 is 6.43 Å². The first kappa shape index (κ1) is 21.8. The SMILES string of the molecule is O=S(N1CCSCC1)N(Cc1ccc(-c2nnc(C(F)F)o2)cn1)c1ccc(F)cc1. The number of nitrogens with zero attached hydrogens (tertiary/aromatic N) is 5. The smallest absolute Gasteiger partial charge is 0.314 e. The molecule has 2 aromatic heterocycles. The van der Waals surface area contributed by atoms with Crippen LogP contribution in [0.2, 0.25) is 0 Å². The molecule has 1 fully saturated rings. The highest BCUT2D eigenvalue weighted by Gasteiger charge is 2.24. The van der Waals surface area contributed by atoms with Crippen LogP contribution in [0.25, 0.3) is 11.5 Å². The largest absolute Gasteiger partial charge is 0.415 e. The Labute approximate surface area is 183 Å². The maximum atomic E-state index is 13.4. The minimum absolute atomic E-state index is 0.0564. The van der Waals surface area contributed by atoms with Crippen LogP contribution in [-0.2, 0) is 17.7 Å². The highest BCUT2D eigenvalue weighted by atomic mass is 32.2. The van der Waals surface area contributed by atoms with Crippen molar-refractivity contribution in [2.75, 3.05) is 28.9 Å². The molecule has 12 heteroatoms. The first-order valence-corrected chi connectivity index (χ1v) is 11.6. The molecule has 0 radical (unpaired) electrons. The predicted molar refractivity (Wildman–Crippen MR) is 112 cm³/mol. The van der Waals surface area contributed by atoms with Crippen LogP contribution in [0.4, 0.5) is 18.9 Å². The lowest BCUT2D eigenvalue weighted by Crippen LogP contribution is -2.42. The van der Waals surface area contributed by atoms with Crippen LogP contribution in [0.1, 0.15) is 18.0 Å². The van der Waals surface area contributed by atoms with E-state index in [1.54, 1.807) is 28.6 Å². The monoisotopic (exact) mass is 469 g/mol. The molecular weight excluding hydrogens is 451 g/mol. The van der Waals surface area contributed by atoms with Crippen LogP contribution in [-0.4, -0.2) is 48.3 Å². The zero-order chi connectivity index (χ0) is 21.8. The molecule has 0 aliphatic carbocycles. The van der Waals surface area contributed by atoms with E-state index in [9.17, 15) is 17.4 Å². The number of halogens is 3. The van der Waals surface area contributed by atoms with Gasteiger partial charge < -0.3 is 4.42 Å². The number of pyridine rings is 1. The van der Waals surface area contributed by atoms with Crippen LogP contribution in [0.15, 0.2) is 47.0 Å². The maximum absolute atomic E-state index is 13.4. The Kier molecular flexibility index (Phi) is 6.88. The molecule has 164 valence electrons. The van der Waals surface area contributed by atoms with E-state index >= 15 is 0 Å². The molecule has 1 unspecified atom stereocenters. The van der Waals surface area contributed by atoms with E-state index in [0.717, 1.165) is 11.5 Å². The maximum Gasteiger partial charge on any atom is 0.314 e. The summed E-state index contributed by atoms with van der Waals surface area (Å²) in [5, 5.41) is 6.91. The summed E-state index contributed by atoms with van der Waals surface area (Å²) in [6.07, 6.45) is -1.41. The summed E-state index contributed by atoms with van der Waals surface area (Å²) in [5.41, 5.74) is 1.58. The minimum Gasteiger partial charge on any atom is -0.415 e. The van der Waals surface area contributed by atoms with Crippen LogP contribution in [0.5, 0.6) is 0 Å². The summed E-state index contributed by atoms with van der Waals surface area (Å²) in [5.74, 6) is 0.589. The second-order valence-electron chi connectivity index (χ2n) is 6.57. The van der Waals surface area contributed by atoms with E-state index in [-0.39, 0.29) is 18.3 Å². The molecule has 1 saturated heterocycles. The molecular formula is C19H18F3N5O2S2. The second-order valence-corrected chi connectivity index (χ2v) is 9.21. The summed E-state index contributed by atoms with van der Waals surface area (Å²) in [4.78, 5) is 4.33. The summed E-state index contributed by atoms with van der Waals surface area (Å²) < 4.78 is 60.4. The topological polar surface area (TPSA) is 75.4 Å². The molecule has 1 aliphatic heterocycles. The van der Waals surface area contributed by atoms with Crippen molar-refractivity contribution >= 4 is 28.6 Å². The Bertz CT molecular complexity index is 1030. The fourth-order valence-corrected chi connectivity index (χ4v) is 5.37. The number of alkyl halides is 2. The minimum atomic E-state index is -2.85. The van der Waals surface area contributed by atoms with Gasteiger partial charge in [0.2, 0.25) is 5.89 Å². The number of rotatable bonds is 7. The average molecular weight is 470 g/mol. The fraction of sp³-hybridized carbons (Fsp3) is 0.316. The number of hydrogen-bond acceptors (Lipinski definition) is 6. The van der Waals surface area contributed by atoms with Gasteiger partial charge in [0.05, 0.1) is 23.5 Å². The van der Waals surface area contributed by atoms with Crippen molar-refractivity contribution in [3.05, 3.63) is 60.0 Å². The van der Waals surface area contributed by atoms with Crippen molar-refractivity contribution in [2.24, 2.45) is 0 Å². The fourth-order valence-electron chi connectivity index (χ4n) is 2.92. The lowest BCUT2D eigenvalue weighted by molar-refractivity contribution is 0.116. The van der Waals surface area contributed by atoms with Crippen LogP contribution in [0.3, 0.4) is 0 Å². The molecule has 1 atom stereocenters. The van der Waals surface area contributed by atoms with Crippen molar-refractivity contribution in [2.45, 2.75) is 13.0 Å². The van der Waals surface area contributed by atoms with Crippen molar-refractivity contribution in [1.29, 1.82) is 0 Å². The number of hydrogen-bond donors (Lipinski definition) is 0. The van der Waals surface area contributed by atoms with Gasteiger partial charge in [0.15, 0.2) is 11.2 Å². The van der Waals surface area contributed by atoms with E-state index in [0.29, 0.717) is 30.0 Å². The van der Waals surface area contributed by atoms with Crippen LogP contribution in [0, 0.1) is 5.82 Å². The Morgan fingerprint density at radius 1 is 1.13 bits per heavy atom. The van der Waals surface area contributed by atoms with Crippen molar-refractivity contribution in [3.63, 3.8) is 0 Å². The van der Waals surface area contributed by atoms with Crippen molar-refractivity contribution in [1.82, 2.24) is 19.5 Å². The van der Waals surface area contributed by atoms with E-state index in [4.69, 9.17) is 4.42 Å². The van der Waals surface area contributed by atoms with Gasteiger partial charge in [0.25, 0.3) is 5.89 Å². The Hall–Kier alpha value is -2.44. The molecule has 3 aromatic rings. The molecule has 0 N–H and O–H groups in total. The summed E-state index contributed by atoms with van der Waals surface area (Å²) >= 11 is 0.330. The van der Waals surface area contributed by atoms with Gasteiger partial charge in [-0.1, -0.05) is 0 Å². The highest BCUT2D eigenvalue weighted by molar-refractivity contribution is 7.99. The lowest BCUT2D eigenvalue weighted by atomic mass is 10.2. The van der Waals surface area contributed by atoms with E-state index in [1.165, 1.54) is 18.3 Å². The normalized spacial score (nSPS) is 15.9. The molecule has 3 heterocycles. The van der Waals surface area contributed by atoms with Gasteiger partial charge in [0.1, 0.15) is 5.82 Å². The molecule has 0 spiro atoms. The van der Waals surface area contributed by atoms with E-state index < -0.39 is 23.5 Å². The predicted octanol–water partition coefficient (Wildman–Crippen LogP) is 3.84. The van der Waals surface area contributed by atoms with Gasteiger partial charge in [-0.15, -0.1) is 10.2 Å². The standard InChI is InChI=1S/C19H18F3N5O2S2/c20-14-2-5-16(6-3-14)27(31(28)26-7-9-30-10-8-26)12-15-4-1-13(11-23-15)18-24-25-19(29-18)17(21)22/h1-6,11,17H,7-10,12H2. The first-order valence-electron chi connectivity index (χ1n) is 9.36. The second kappa shape index (κ2) is 9.79. The van der Waals surface area contributed by atoms with Gasteiger partial charge in [-0.2, -0.15) is 20.5 Å². The number of thioether (sulfide) groups is 1. The van der Waals surface area contributed by atoms with Crippen LogP contribution >= 0.6 is 11.8 Å².